The van der Waals surface area contributed by atoms with Crippen molar-refractivity contribution in [2.75, 3.05) is 7.05 Å². The van der Waals surface area contributed by atoms with Crippen molar-refractivity contribution in [1.29, 1.82) is 0 Å². The highest BCUT2D eigenvalue weighted by Crippen LogP contribution is 2.20. The number of furan rings is 1. The maximum Gasteiger partial charge on any atom is 0.251 e. The summed E-state index contributed by atoms with van der Waals surface area (Å²) in [5.41, 5.74) is 1.79. The van der Waals surface area contributed by atoms with Crippen molar-refractivity contribution in [1.82, 2.24) is 10.6 Å². The first-order valence-electron chi connectivity index (χ1n) is 6.40. The molecular formula is C15H17BrN2O2. The third-order valence-electron chi connectivity index (χ3n) is 3.08. The van der Waals surface area contributed by atoms with Crippen LogP contribution in [0.25, 0.3) is 0 Å². The van der Waals surface area contributed by atoms with Crippen LogP contribution in [0.2, 0.25) is 0 Å². The van der Waals surface area contributed by atoms with E-state index in [1.54, 1.807) is 7.05 Å². The van der Waals surface area contributed by atoms with Crippen molar-refractivity contribution < 1.29 is 9.21 Å². The van der Waals surface area contributed by atoms with Gasteiger partial charge in [-0.1, -0.05) is 12.1 Å². The molecule has 20 heavy (non-hydrogen) atoms. The molecule has 1 heterocycles. The van der Waals surface area contributed by atoms with Gasteiger partial charge < -0.3 is 15.1 Å². The summed E-state index contributed by atoms with van der Waals surface area (Å²) in [6.45, 7) is 2.76. The number of carbonyl (C=O) groups excluding carboxylic acids is 1. The maximum absolute atomic E-state index is 11.4. The predicted octanol–water partition coefficient (Wildman–Crippen LogP) is 3.25. The van der Waals surface area contributed by atoms with Gasteiger partial charge >= 0.3 is 0 Å². The predicted molar refractivity (Wildman–Crippen MR) is 81.5 cm³/mol. The van der Waals surface area contributed by atoms with E-state index in [0.717, 1.165) is 16.0 Å². The summed E-state index contributed by atoms with van der Waals surface area (Å²) in [4.78, 5) is 11.4. The van der Waals surface area contributed by atoms with Gasteiger partial charge in [-0.3, -0.25) is 4.79 Å². The van der Waals surface area contributed by atoms with E-state index in [2.05, 4.69) is 26.6 Å². The minimum Gasteiger partial charge on any atom is -0.453 e. The van der Waals surface area contributed by atoms with Gasteiger partial charge in [0, 0.05) is 19.2 Å². The van der Waals surface area contributed by atoms with Crippen LogP contribution in [0.4, 0.5) is 0 Å². The Morgan fingerprint density at radius 3 is 2.50 bits per heavy atom. The molecule has 0 aliphatic rings. The van der Waals surface area contributed by atoms with E-state index in [0.29, 0.717) is 12.1 Å². The van der Waals surface area contributed by atoms with Crippen LogP contribution in [0, 0.1) is 0 Å². The van der Waals surface area contributed by atoms with Gasteiger partial charge in [0.05, 0.1) is 6.04 Å². The van der Waals surface area contributed by atoms with Crippen molar-refractivity contribution in [3.8, 4) is 0 Å². The Labute approximate surface area is 126 Å². The average Bonchev–Trinajstić information content (AvgIpc) is 2.91. The van der Waals surface area contributed by atoms with Crippen LogP contribution < -0.4 is 10.6 Å². The number of rotatable bonds is 5. The van der Waals surface area contributed by atoms with E-state index in [1.165, 1.54) is 0 Å². The number of nitrogens with one attached hydrogen (secondary N) is 2. The first-order valence-corrected chi connectivity index (χ1v) is 7.19. The monoisotopic (exact) mass is 336 g/mol. The van der Waals surface area contributed by atoms with E-state index in [-0.39, 0.29) is 11.9 Å². The molecule has 0 spiro atoms. The van der Waals surface area contributed by atoms with Gasteiger partial charge in [-0.2, -0.15) is 0 Å². The van der Waals surface area contributed by atoms with E-state index < -0.39 is 0 Å². The van der Waals surface area contributed by atoms with Crippen LogP contribution >= 0.6 is 15.9 Å². The first-order chi connectivity index (χ1) is 9.60. The topological polar surface area (TPSA) is 54.3 Å². The van der Waals surface area contributed by atoms with Crippen LogP contribution in [0.3, 0.4) is 0 Å². The number of hydrogen-bond donors (Lipinski definition) is 2. The highest BCUT2D eigenvalue weighted by atomic mass is 79.9. The molecule has 0 saturated heterocycles. The molecule has 0 aliphatic carbocycles. The highest BCUT2D eigenvalue weighted by molar-refractivity contribution is 9.10. The Bertz CT molecular complexity index is 578. The molecule has 1 unspecified atom stereocenters. The molecule has 0 fully saturated rings. The normalized spacial score (nSPS) is 12.2. The highest BCUT2D eigenvalue weighted by Gasteiger charge is 2.09. The molecule has 5 heteroatoms. The minimum atomic E-state index is -0.0710. The van der Waals surface area contributed by atoms with Crippen molar-refractivity contribution in [3.05, 3.63) is 58.0 Å². The fourth-order valence-corrected chi connectivity index (χ4v) is 2.17. The molecule has 0 aliphatic heterocycles. The zero-order valence-electron chi connectivity index (χ0n) is 11.4. The SMILES string of the molecule is CNC(=O)c1ccc(CNC(C)c2ccc(Br)o2)cc1. The fourth-order valence-electron chi connectivity index (χ4n) is 1.85. The van der Waals surface area contributed by atoms with Gasteiger partial charge in [0.25, 0.3) is 5.91 Å². The second-order valence-corrected chi connectivity index (χ2v) is 5.30. The van der Waals surface area contributed by atoms with Gasteiger partial charge in [-0.15, -0.1) is 0 Å². The lowest BCUT2D eigenvalue weighted by Crippen LogP contribution is -2.19. The van der Waals surface area contributed by atoms with E-state index in [1.807, 2.05) is 43.3 Å². The summed E-state index contributed by atoms with van der Waals surface area (Å²) in [7, 11) is 1.63. The third-order valence-corrected chi connectivity index (χ3v) is 3.50. The molecular weight excluding hydrogens is 320 g/mol. The molecule has 1 atom stereocenters. The molecule has 0 bridgehead atoms. The standard InChI is InChI=1S/C15H17BrN2O2/c1-10(13-7-8-14(16)20-13)18-9-11-3-5-12(6-4-11)15(19)17-2/h3-8,10,18H,9H2,1-2H3,(H,17,19). The summed E-state index contributed by atoms with van der Waals surface area (Å²) >= 11 is 3.29. The molecule has 1 aromatic carbocycles. The van der Waals surface area contributed by atoms with Gasteiger partial charge in [0.1, 0.15) is 5.76 Å². The molecule has 0 saturated carbocycles. The fraction of sp³-hybridized carbons (Fsp3) is 0.267. The van der Waals surface area contributed by atoms with Crippen LogP contribution in [0.15, 0.2) is 45.5 Å². The number of hydrogen-bond acceptors (Lipinski definition) is 3. The van der Waals surface area contributed by atoms with Gasteiger partial charge in [0.2, 0.25) is 0 Å². The summed E-state index contributed by atoms with van der Waals surface area (Å²) in [6.07, 6.45) is 0. The summed E-state index contributed by atoms with van der Waals surface area (Å²) in [5.74, 6) is 0.817. The Morgan fingerprint density at radius 2 is 1.95 bits per heavy atom. The Balaban J connectivity index is 1.92. The average molecular weight is 337 g/mol. The summed E-state index contributed by atoms with van der Waals surface area (Å²) < 4.78 is 6.23. The van der Waals surface area contributed by atoms with Gasteiger partial charge in [-0.05, 0) is 52.7 Å². The Kier molecular flexibility index (Phi) is 4.98. The Morgan fingerprint density at radius 1 is 1.25 bits per heavy atom. The first kappa shape index (κ1) is 14.8. The molecule has 1 amide bonds. The molecule has 2 aromatic rings. The van der Waals surface area contributed by atoms with Crippen LogP contribution in [0.1, 0.15) is 34.6 Å². The lowest BCUT2D eigenvalue weighted by Gasteiger charge is -2.11. The molecule has 2 N–H and O–H groups in total. The zero-order valence-corrected chi connectivity index (χ0v) is 13.0. The van der Waals surface area contributed by atoms with Crippen LogP contribution in [-0.2, 0) is 6.54 Å². The molecule has 0 radical (unpaired) electrons. The number of benzene rings is 1. The quantitative estimate of drug-likeness (QED) is 0.881. The van der Waals surface area contributed by atoms with Crippen LogP contribution in [0.5, 0.6) is 0 Å². The second kappa shape index (κ2) is 6.72. The summed E-state index contributed by atoms with van der Waals surface area (Å²) in [5, 5.41) is 5.98. The molecule has 4 nitrogen and oxygen atoms in total. The molecule has 106 valence electrons. The van der Waals surface area contributed by atoms with Gasteiger partial charge in [-0.25, -0.2) is 0 Å². The third kappa shape index (κ3) is 3.71. The van der Waals surface area contributed by atoms with Crippen molar-refractivity contribution in [2.24, 2.45) is 0 Å². The second-order valence-electron chi connectivity index (χ2n) is 4.52. The number of halogens is 1. The van der Waals surface area contributed by atoms with E-state index in [4.69, 9.17) is 4.42 Å². The van der Waals surface area contributed by atoms with Crippen molar-refractivity contribution in [2.45, 2.75) is 19.5 Å². The van der Waals surface area contributed by atoms with E-state index in [9.17, 15) is 4.79 Å². The van der Waals surface area contributed by atoms with Gasteiger partial charge in [0.15, 0.2) is 4.67 Å². The maximum atomic E-state index is 11.4. The number of amides is 1. The number of carbonyl (C=O) groups is 1. The zero-order chi connectivity index (χ0) is 14.5. The van der Waals surface area contributed by atoms with E-state index >= 15 is 0 Å². The summed E-state index contributed by atoms with van der Waals surface area (Å²) in [6, 6.07) is 11.5. The Hall–Kier alpha value is -1.59. The molecule has 1 aromatic heterocycles. The molecule has 2 rings (SSSR count). The lowest BCUT2D eigenvalue weighted by molar-refractivity contribution is 0.0963. The van der Waals surface area contributed by atoms with Crippen molar-refractivity contribution >= 4 is 21.8 Å². The smallest absolute Gasteiger partial charge is 0.251 e. The van der Waals surface area contributed by atoms with Crippen molar-refractivity contribution in [3.63, 3.8) is 0 Å². The lowest BCUT2D eigenvalue weighted by atomic mass is 10.1. The van der Waals surface area contributed by atoms with Crippen LogP contribution in [-0.4, -0.2) is 13.0 Å². The minimum absolute atomic E-state index is 0.0710. The largest absolute Gasteiger partial charge is 0.453 e.